The van der Waals surface area contributed by atoms with Crippen LogP contribution in [0.15, 0.2) is 30.3 Å². The van der Waals surface area contributed by atoms with E-state index in [2.05, 4.69) is 12.2 Å². The molecule has 1 saturated carbocycles. The number of hydrogen-bond acceptors (Lipinski definition) is 4. The summed E-state index contributed by atoms with van der Waals surface area (Å²) in [5, 5.41) is 2.90. The van der Waals surface area contributed by atoms with Crippen LogP contribution in [-0.4, -0.2) is 46.1 Å². The molecule has 2 atom stereocenters. The first-order chi connectivity index (χ1) is 12.5. The van der Waals surface area contributed by atoms with Gasteiger partial charge in [-0.1, -0.05) is 50.1 Å². The van der Waals surface area contributed by atoms with E-state index in [-0.39, 0.29) is 12.6 Å². The first-order valence-electron chi connectivity index (χ1n) is 8.98. The van der Waals surface area contributed by atoms with Crippen molar-refractivity contribution >= 4 is 23.8 Å². The number of imide groups is 2. The molecule has 2 fully saturated rings. The molecule has 26 heavy (non-hydrogen) atoms. The van der Waals surface area contributed by atoms with Crippen molar-refractivity contribution in [1.82, 2.24) is 15.1 Å². The Kier molecular flexibility index (Phi) is 5.35. The fourth-order valence-electron chi connectivity index (χ4n) is 3.52. The summed E-state index contributed by atoms with van der Waals surface area (Å²) >= 11 is 0. The third kappa shape index (κ3) is 3.76. The molecule has 2 aliphatic rings. The van der Waals surface area contributed by atoms with Gasteiger partial charge in [-0.25, -0.2) is 9.69 Å². The second-order valence-corrected chi connectivity index (χ2v) is 6.99. The summed E-state index contributed by atoms with van der Waals surface area (Å²) in [7, 11) is 0. The van der Waals surface area contributed by atoms with Gasteiger partial charge in [0.05, 0.1) is 6.54 Å². The zero-order chi connectivity index (χ0) is 18.7. The van der Waals surface area contributed by atoms with E-state index in [0.29, 0.717) is 5.92 Å². The minimum atomic E-state index is -0.947. The average Bonchev–Trinajstić information content (AvgIpc) is 2.83. The first kappa shape index (κ1) is 18.1. The van der Waals surface area contributed by atoms with Crippen molar-refractivity contribution in [3.05, 3.63) is 35.9 Å². The summed E-state index contributed by atoms with van der Waals surface area (Å²) in [4.78, 5) is 50.6. The Morgan fingerprint density at radius 3 is 2.38 bits per heavy atom. The molecule has 1 aromatic rings. The van der Waals surface area contributed by atoms with Crippen molar-refractivity contribution in [3.8, 4) is 0 Å². The number of hydrogen-bond donors (Lipinski definition) is 1. The lowest BCUT2D eigenvalue weighted by Crippen LogP contribution is -2.47. The van der Waals surface area contributed by atoms with E-state index in [4.69, 9.17) is 0 Å². The smallest absolute Gasteiger partial charge is 0.335 e. The van der Waals surface area contributed by atoms with E-state index < -0.39 is 30.3 Å². The Bertz CT molecular complexity index is 719. The number of urea groups is 1. The van der Waals surface area contributed by atoms with Crippen LogP contribution in [0.4, 0.5) is 4.79 Å². The van der Waals surface area contributed by atoms with Crippen LogP contribution in [-0.2, 0) is 20.9 Å². The molecule has 7 nitrogen and oxygen atoms in total. The second-order valence-electron chi connectivity index (χ2n) is 6.99. The maximum atomic E-state index is 12.5. The van der Waals surface area contributed by atoms with E-state index >= 15 is 0 Å². The number of amides is 5. The van der Waals surface area contributed by atoms with Crippen molar-refractivity contribution < 1.29 is 19.2 Å². The van der Waals surface area contributed by atoms with E-state index in [1.807, 2.05) is 6.07 Å². The lowest BCUT2D eigenvalue weighted by atomic mass is 9.86. The SMILES string of the molecule is C[C@H]1CCCC[C@@H]1NC(=O)CN1C(=O)C(=O)N(Cc2ccccc2)C1=O. The Hall–Kier alpha value is -2.70. The third-order valence-corrected chi connectivity index (χ3v) is 5.08. The molecule has 5 amide bonds. The fraction of sp³-hybridized carbons (Fsp3) is 0.474. The van der Waals surface area contributed by atoms with Gasteiger partial charge in [0, 0.05) is 6.04 Å². The average molecular weight is 357 g/mol. The van der Waals surface area contributed by atoms with Crippen molar-refractivity contribution in [3.63, 3.8) is 0 Å². The fourth-order valence-corrected chi connectivity index (χ4v) is 3.52. The van der Waals surface area contributed by atoms with Gasteiger partial charge in [-0.2, -0.15) is 0 Å². The van der Waals surface area contributed by atoms with Crippen LogP contribution in [0.5, 0.6) is 0 Å². The van der Waals surface area contributed by atoms with Gasteiger partial charge in [0.2, 0.25) is 5.91 Å². The maximum Gasteiger partial charge on any atom is 0.335 e. The monoisotopic (exact) mass is 357 g/mol. The summed E-state index contributed by atoms with van der Waals surface area (Å²) in [6.45, 7) is 1.68. The third-order valence-electron chi connectivity index (χ3n) is 5.08. The zero-order valence-electron chi connectivity index (χ0n) is 14.8. The van der Waals surface area contributed by atoms with Crippen molar-refractivity contribution in [2.45, 2.75) is 45.2 Å². The van der Waals surface area contributed by atoms with E-state index in [1.165, 1.54) is 0 Å². The molecule has 0 unspecified atom stereocenters. The van der Waals surface area contributed by atoms with E-state index in [9.17, 15) is 19.2 Å². The van der Waals surface area contributed by atoms with Gasteiger partial charge in [-0.15, -0.1) is 0 Å². The van der Waals surface area contributed by atoms with Gasteiger partial charge >= 0.3 is 17.8 Å². The Balaban J connectivity index is 1.62. The van der Waals surface area contributed by atoms with Crippen LogP contribution in [0.3, 0.4) is 0 Å². The molecule has 0 bridgehead atoms. The molecule has 138 valence electrons. The molecule has 1 aliphatic heterocycles. The van der Waals surface area contributed by atoms with Crippen molar-refractivity contribution in [2.24, 2.45) is 5.92 Å². The maximum absolute atomic E-state index is 12.5. The molecular weight excluding hydrogens is 334 g/mol. The number of rotatable bonds is 5. The Morgan fingerprint density at radius 2 is 1.69 bits per heavy atom. The highest BCUT2D eigenvalue weighted by molar-refractivity contribution is 6.44. The summed E-state index contributed by atoms with van der Waals surface area (Å²) in [6, 6.07) is 8.26. The highest BCUT2D eigenvalue weighted by Crippen LogP contribution is 2.23. The standard InChI is InChI=1S/C19H23N3O4/c1-13-7-5-6-10-15(13)20-16(23)12-22-18(25)17(24)21(19(22)26)11-14-8-3-2-4-9-14/h2-4,8-9,13,15H,5-7,10-12H2,1H3,(H,20,23)/t13-,15-/m0/s1. The largest absolute Gasteiger partial charge is 0.352 e. The van der Waals surface area contributed by atoms with Crippen LogP contribution >= 0.6 is 0 Å². The molecule has 1 aliphatic carbocycles. The topological polar surface area (TPSA) is 86.8 Å². The molecule has 1 heterocycles. The van der Waals surface area contributed by atoms with Gasteiger partial charge in [0.25, 0.3) is 0 Å². The van der Waals surface area contributed by atoms with Gasteiger partial charge in [0.1, 0.15) is 6.54 Å². The molecule has 7 heteroatoms. The number of benzene rings is 1. The minimum absolute atomic E-state index is 0.0159. The summed E-state index contributed by atoms with van der Waals surface area (Å²) < 4.78 is 0. The van der Waals surface area contributed by atoms with Gasteiger partial charge in [0.15, 0.2) is 0 Å². The predicted octanol–water partition coefficient (Wildman–Crippen LogP) is 1.67. The molecule has 1 N–H and O–H groups in total. The summed E-state index contributed by atoms with van der Waals surface area (Å²) in [5.41, 5.74) is 0.740. The molecule has 1 aromatic carbocycles. The van der Waals surface area contributed by atoms with Crippen LogP contribution in [0.1, 0.15) is 38.2 Å². The normalized spacial score (nSPS) is 23.5. The molecule has 0 radical (unpaired) electrons. The molecular formula is C19H23N3O4. The molecule has 0 spiro atoms. The number of nitrogens with one attached hydrogen (secondary N) is 1. The Morgan fingerprint density at radius 1 is 1.04 bits per heavy atom. The van der Waals surface area contributed by atoms with Crippen LogP contribution < -0.4 is 5.32 Å². The highest BCUT2D eigenvalue weighted by atomic mass is 16.2. The Labute approximate surface area is 152 Å². The van der Waals surface area contributed by atoms with Gasteiger partial charge in [-0.3, -0.25) is 19.3 Å². The van der Waals surface area contributed by atoms with Crippen molar-refractivity contribution in [1.29, 1.82) is 0 Å². The first-order valence-corrected chi connectivity index (χ1v) is 8.98. The lowest BCUT2D eigenvalue weighted by molar-refractivity contribution is -0.144. The number of carbonyl (C=O) groups is 4. The van der Waals surface area contributed by atoms with Gasteiger partial charge in [-0.05, 0) is 24.3 Å². The highest BCUT2D eigenvalue weighted by Gasteiger charge is 2.45. The minimum Gasteiger partial charge on any atom is -0.352 e. The van der Waals surface area contributed by atoms with E-state index in [1.54, 1.807) is 24.3 Å². The quantitative estimate of drug-likeness (QED) is 0.641. The number of carbonyl (C=O) groups excluding carboxylic acids is 4. The van der Waals surface area contributed by atoms with Gasteiger partial charge < -0.3 is 5.32 Å². The lowest BCUT2D eigenvalue weighted by Gasteiger charge is -2.29. The predicted molar refractivity (Wildman–Crippen MR) is 93.7 cm³/mol. The van der Waals surface area contributed by atoms with E-state index in [0.717, 1.165) is 41.0 Å². The summed E-state index contributed by atoms with van der Waals surface area (Å²) in [5.74, 6) is -1.87. The molecule has 0 aromatic heterocycles. The number of nitrogens with zero attached hydrogens (tertiary/aromatic N) is 2. The van der Waals surface area contributed by atoms with Crippen LogP contribution in [0, 0.1) is 5.92 Å². The summed E-state index contributed by atoms with van der Waals surface area (Å²) in [6.07, 6.45) is 4.16. The van der Waals surface area contributed by atoms with Crippen LogP contribution in [0.25, 0.3) is 0 Å². The zero-order valence-corrected chi connectivity index (χ0v) is 14.8. The van der Waals surface area contributed by atoms with Crippen LogP contribution in [0.2, 0.25) is 0 Å². The van der Waals surface area contributed by atoms with Crippen molar-refractivity contribution in [2.75, 3.05) is 6.54 Å². The molecule has 1 saturated heterocycles. The molecule has 3 rings (SSSR count). The second kappa shape index (κ2) is 7.68.